The van der Waals surface area contributed by atoms with Crippen LogP contribution in [0.15, 0.2) is 16.6 Å². The summed E-state index contributed by atoms with van der Waals surface area (Å²) in [5.74, 6) is 1.00. The highest BCUT2D eigenvalue weighted by molar-refractivity contribution is 9.10. The highest BCUT2D eigenvalue weighted by atomic mass is 79.9. The van der Waals surface area contributed by atoms with Gasteiger partial charge in [-0.25, -0.2) is 0 Å². The second-order valence-electron chi connectivity index (χ2n) is 3.28. The molecule has 0 amide bonds. The molecule has 0 aliphatic carbocycles. The molecule has 1 aromatic carbocycles. The number of halogens is 1. The summed E-state index contributed by atoms with van der Waals surface area (Å²) in [6.07, 6.45) is 0.175. The Kier molecular flexibility index (Phi) is 5.28. The highest BCUT2D eigenvalue weighted by Crippen LogP contribution is 2.33. The number of ether oxygens (including phenoxy) is 3. The molecule has 4 nitrogen and oxygen atoms in total. The van der Waals surface area contributed by atoms with Crippen molar-refractivity contribution in [1.82, 2.24) is 0 Å². The van der Waals surface area contributed by atoms with Gasteiger partial charge in [0, 0.05) is 11.6 Å². The van der Waals surface area contributed by atoms with E-state index in [9.17, 15) is 4.79 Å². The summed E-state index contributed by atoms with van der Waals surface area (Å²) >= 11 is 3.37. The maximum atomic E-state index is 11.3. The van der Waals surface area contributed by atoms with Crippen molar-refractivity contribution in [1.29, 1.82) is 0 Å². The van der Waals surface area contributed by atoms with E-state index >= 15 is 0 Å². The van der Waals surface area contributed by atoms with Crippen molar-refractivity contribution in [2.24, 2.45) is 0 Å². The van der Waals surface area contributed by atoms with Crippen molar-refractivity contribution in [3.63, 3.8) is 0 Å². The smallest absolute Gasteiger partial charge is 0.310 e. The van der Waals surface area contributed by atoms with Gasteiger partial charge >= 0.3 is 5.97 Å². The first kappa shape index (κ1) is 13.8. The van der Waals surface area contributed by atoms with E-state index in [-0.39, 0.29) is 12.4 Å². The third kappa shape index (κ3) is 3.63. The molecule has 0 saturated heterocycles. The molecule has 0 unspecified atom stereocenters. The molecule has 0 heterocycles. The van der Waals surface area contributed by atoms with Crippen LogP contribution in [0.25, 0.3) is 0 Å². The molecule has 0 atom stereocenters. The lowest BCUT2D eigenvalue weighted by Crippen LogP contribution is -2.07. The topological polar surface area (TPSA) is 44.8 Å². The van der Waals surface area contributed by atoms with Gasteiger partial charge in [0.25, 0.3) is 0 Å². The highest BCUT2D eigenvalue weighted by Gasteiger charge is 2.13. The number of rotatable bonds is 5. The van der Waals surface area contributed by atoms with Crippen LogP contribution in [0.4, 0.5) is 0 Å². The fourth-order valence-electron chi connectivity index (χ4n) is 1.39. The number of hydrogen-bond donors (Lipinski definition) is 0. The molecule has 0 fully saturated rings. The average molecular weight is 303 g/mol. The van der Waals surface area contributed by atoms with E-state index in [0.29, 0.717) is 18.1 Å². The zero-order valence-corrected chi connectivity index (χ0v) is 11.7. The van der Waals surface area contributed by atoms with E-state index in [4.69, 9.17) is 9.47 Å². The zero-order valence-electron chi connectivity index (χ0n) is 10.1. The van der Waals surface area contributed by atoms with E-state index in [1.807, 2.05) is 6.92 Å². The molecule has 0 saturated carbocycles. The van der Waals surface area contributed by atoms with Crippen molar-refractivity contribution in [2.75, 3.05) is 20.8 Å². The Bertz CT molecular complexity index is 404. The summed E-state index contributed by atoms with van der Waals surface area (Å²) in [6.45, 7) is 2.41. The third-order valence-electron chi connectivity index (χ3n) is 2.20. The van der Waals surface area contributed by atoms with Crippen LogP contribution in [-0.2, 0) is 16.0 Å². The van der Waals surface area contributed by atoms with Crippen molar-refractivity contribution < 1.29 is 19.0 Å². The molecule has 0 N–H and O–H groups in total. The standard InChI is InChI=1S/C12H15BrO4/c1-4-17-10-7-11(15-2)9(13)5-8(10)6-12(14)16-3/h5,7H,4,6H2,1-3H3. The molecule has 0 aliphatic heterocycles. The first-order chi connectivity index (χ1) is 8.12. The van der Waals surface area contributed by atoms with Crippen LogP contribution in [0, 0.1) is 0 Å². The number of carbonyl (C=O) groups is 1. The van der Waals surface area contributed by atoms with Gasteiger partial charge in [0.2, 0.25) is 0 Å². The lowest BCUT2D eigenvalue weighted by atomic mass is 10.1. The Hall–Kier alpha value is -1.23. The van der Waals surface area contributed by atoms with Crippen molar-refractivity contribution >= 4 is 21.9 Å². The molecule has 5 heteroatoms. The number of methoxy groups -OCH3 is 2. The van der Waals surface area contributed by atoms with Crippen LogP contribution < -0.4 is 9.47 Å². The van der Waals surface area contributed by atoms with Gasteiger partial charge < -0.3 is 14.2 Å². The molecule has 1 aromatic rings. The zero-order chi connectivity index (χ0) is 12.8. The van der Waals surface area contributed by atoms with Crippen molar-refractivity contribution in [2.45, 2.75) is 13.3 Å². The van der Waals surface area contributed by atoms with Crippen LogP contribution in [0.3, 0.4) is 0 Å². The van der Waals surface area contributed by atoms with E-state index in [2.05, 4.69) is 20.7 Å². The van der Waals surface area contributed by atoms with Gasteiger partial charge in [0.1, 0.15) is 11.5 Å². The van der Waals surface area contributed by atoms with Gasteiger partial charge in [0.05, 0.1) is 31.7 Å². The second-order valence-corrected chi connectivity index (χ2v) is 4.13. The van der Waals surface area contributed by atoms with E-state index < -0.39 is 0 Å². The SMILES string of the molecule is CCOc1cc(OC)c(Br)cc1CC(=O)OC. The Morgan fingerprint density at radius 1 is 1.29 bits per heavy atom. The molecule has 0 aliphatic rings. The summed E-state index contributed by atoms with van der Waals surface area (Å²) in [6, 6.07) is 3.56. The molecule has 94 valence electrons. The van der Waals surface area contributed by atoms with E-state index in [1.54, 1.807) is 19.2 Å². The summed E-state index contributed by atoms with van der Waals surface area (Å²) in [4.78, 5) is 11.3. The van der Waals surface area contributed by atoms with Gasteiger partial charge in [-0.05, 0) is 28.9 Å². The van der Waals surface area contributed by atoms with Gasteiger partial charge in [0.15, 0.2) is 0 Å². The molecule has 17 heavy (non-hydrogen) atoms. The molecule has 1 rings (SSSR count). The van der Waals surface area contributed by atoms with Gasteiger partial charge in [-0.1, -0.05) is 0 Å². The Balaban J connectivity index is 3.08. The van der Waals surface area contributed by atoms with Crippen LogP contribution >= 0.6 is 15.9 Å². The Labute approximate surface area is 109 Å². The lowest BCUT2D eigenvalue weighted by Gasteiger charge is -2.12. The van der Waals surface area contributed by atoms with Gasteiger partial charge in [-0.15, -0.1) is 0 Å². The fraction of sp³-hybridized carbons (Fsp3) is 0.417. The third-order valence-corrected chi connectivity index (χ3v) is 2.82. The molecule has 0 spiro atoms. The van der Waals surface area contributed by atoms with Crippen molar-refractivity contribution in [3.8, 4) is 11.5 Å². The average Bonchev–Trinajstić information content (AvgIpc) is 2.32. The maximum absolute atomic E-state index is 11.3. The lowest BCUT2D eigenvalue weighted by molar-refractivity contribution is -0.139. The van der Waals surface area contributed by atoms with Gasteiger partial charge in [-0.2, -0.15) is 0 Å². The fourth-order valence-corrected chi connectivity index (χ4v) is 1.94. The summed E-state index contributed by atoms with van der Waals surface area (Å²) in [7, 11) is 2.94. The predicted octanol–water partition coefficient (Wildman–Crippen LogP) is 2.57. The molecular weight excluding hydrogens is 288 g/mol. The first-order valence-electron chi connectivity index (χ1n) is 5.18. The Morgan fingerprint density at radius 3 is 2.53 bits per heavy atom. The molecule has 0 radical (unpaired) electrons. The monoisotopic (exact) mass is 302 g/mol. The largest absolute Gasteiger partial charge is 0.495 e. The van der Waals surface area contributed by atoms with Crippen LogP contribution in [0.1, 0.15) is 12.5 Å². The van der Waals surface area contributed by atoms with Crippen LogP contribution in [0.5, 0.6) is 11.5 Å². The number of carbonyl (C=O) groups excluding carboxylic acids is 1. The van der Waals surface area contributed by atoms with Gasteiger partial charge in [-0.3, -0.25) is 4.79 Å². The number of esters is 1. The normalized spacial score (nSPS) is 9.88. The Morgan fingerprint density at radius 2 is 2.00 bits per heavy atom. The van der Waals surface area contributed by atoms with Crippen LogP contribution in [0.2, 0.25) is 0 Å². The minimum absolute atomic E-state index is 0.175. The summed E-state index contributed by atoms with van der Waals surface area (Å²) < 4.78 is 16.1. The quantitative estimate of drug-likeness (QED) is 0.784. The number of hydrogen-bond acceptors (Lipinski definition) is 4. The molecule has 0 aromatic heterocycles. The summed E-state index contributed by atoms with van der Waals surface area (Å²) in [5.41, 5.74) is 0.770. The molecular formula is C12H15BrO4. The molecule has 0 bridgehead atoms. The van der Waals surface area contributed by atoms with E-state index in [0.717, 1.165) is 10.0 Å². The minimum Gasteiger partial charge on any atom is -0.495 e. The second kappa shape index (κ2) is 6.49. The number of benzene rings is 1. The first-order valence-corrected chi connectivity index (χ1v) is 5.97. The summed E-state index contributed by atoms with van der Waals surface area (Å²) in [5, 5.41) is 0. The van der Waals surface area contributed by atoms with E-state index in [1.165, 1.54) is 7.11 Å². The maximum Gasteiger partial charge on any atom is 0.310 e. The van der Waals surface area contributed by atoms with Crippen molar-refractivity contribution in [3.05, 3.63) is 22.2 Å². The van der Waals surface area contributed by atoms with Crippen LogP contribution in [-0.4, -0.2) is 26.8 Å². The predicted molar refractivity (Wildman–Crippen MR) is 67.6 cm³/mol. The minimum atomic E-state index is -0.303.